The Morgan fingerprint density at radius 2 is 1.80 bits per heavy atom. The molecule has 2 amide bonds. The number of amides is 2. The number of aryl methyl sites for hydroxylation is 1. The molecule has 210 valence electrons. The first kappa shape index (κ1) is 25.7. The van der Waals surface area contributed by atoms with Crippen LogP contribution in [0.3, 0.4) is 0 Å². The van der Waals surface area contributed by atoms with Gasteiger partial charge in [0, 0.05) is 50.6 Å². The third-order valence-electron chi connectivity index (χ3n) is 9.20. The van der Waals surface area contributed by atoms with Crippen LogP contribution >= 0.6 is 0 Å². The van der Waals surface area contributed by atoms with Crippen LogP contribution in [0.25, 0.3) is 11.2 Å². The van der Waals surface area contributed by atoms with Crippen LogP contribution in [0.5, 0.6) is 0 Å². The topological polar surface area (TPSA) is 74.6 Å². The zero-order valence-electron chi connectivity index (χ0n) is 23.6. The zero-order chi connectivity index (χ0) is 27.9. The van der Waals surface area contributed by atoms with Gasteiger partial charge in [0.1, 0.15) is 12.1 Å². The lowest BCUT2D eigenvalue weighted by Gasteiger charge is -2.43. The number of fused-ring (bicyclic) bond motifs is 3. The van der Waals surface area contributed by atoms with Gasteiger partial charge in [-0.3, -0.25) is 9.59 Å². The van der Waals surface area contributed by atoms with E-state index < -0.39 is 0 Å². The monoisotopic (exact) mass is 548 g/mol. The summed E-state index contributed by atoms with van der Waals surface area (Å²) >= 11 is 0. The van der Waals surface area contributed by atoms with Crippen LogP contribution in [-0.2, 0) is 35.5 Å². The van der Waals surface area contributed by atoms with Crippen LogP contribution in [0.4, 0.5) is 5.69 Å². The Bertz CT molecular complexity index is 1610. The molecule has 1 saturated heterocycles. The Kier molecular flexibility index (Phi) is 6.69. The molecule has 2 atom stereocenters. The van der Waals surface area contributed by atoms with Crippen molar-refractivity contribution in [3.8, 4) is 0 Å². The maximum atomic E-state index is 13.9. The van der Waals surface area contributed by atoms with Crippen molar-refractivity contribution in [2.75, 3.05) is 31.1 Å². The van der Waals surface area contributed by atoms with Crippen LogP contribution < -0.4 is 4.90 Å². The van der Waals surface area contributed by atoms with E-state index in [4.69, 9.17) is 0 Å². The minimum absolute atomic E-state index is 0.0361. The third-order valence-corrected chi connectivity index (χ3v) is 9.20. The average Bonchev–Trinajstić information content (AvgIpc) is 3.42. The molecule has 41 heavy (non-hydrogen) atoms. The van der Waals surface area contributed by atoms with E-state index in [1.54, 1.807) is 12.5 Å². The number of rotatable bonds is 4. The fourth-order valence-corrected chi connectivity index (χ4v) is 7.07. The zero-order valence-corrected chi connectivity index (χ0v) is 23.6. The van der Waals surface area contributed by atoms with E-state index in [2.05, 4.69) is 69.2 Å². The molecule has 0 radical (unpaired) electrons. The molecule has 2 aliphatic heterocycles. The molecule has 0 N–H and O–H groups in total. The lowest BCUT2D eigenvalue weighted by molar-refractivity contribution is -0.135. The molecule has 0 spiro atoms. The number of pyridine rings is 1. The van der Waals surface area contributed by atoms with Crippen molar-refractivity contribution in [1.82, 2.24) is 24.3 Å². The number of hydrogen-bond acceptors (Lipinski definition) is 5. The molecular formula is C33H36N6O2. The molecule has 4 aromatic rings. The summed E-state index contributed by atoms with van der Waals surface area (Å²) in [5, 5.41) is 0. The molecule has 3 aliphatic rings. The molecule has 1 fully saturated rings. The van der Waals surface area contributed by atoms with Gasteiger partial charge in [-0.15, -0.1) is 0 Å². The number of anilines is 1. The second-order valence-corrected chi connectivity index (χ2v) is 11.7. The molecule has 0 unspecified atom stereocenters. The smallest absolute Gasteiger partial charge is 0.242 e. The lowest BCUT2D eigenvalue weighted by atomic mass is 9.81. The Morgan fingerprint density at radius 3 is 2.71 bits per heavy atom. The molecule has 8 nitrogen and oxygen atoms in total. The van der Waals surface area contributed by atoms with Crippen LogP contribution in [0.15, 0.2) is 67.1 Å². The summed E-state index contributed by atoms with van der Waals surface area (Å²) in [4.78, 5) is 42.5. The summed E-state index contributed by atoms with van der Waals surface area (Å²) < 4.78 is 1.83. The van der Waals surface area contributed by atoms with Crippen molar-refractivity contribution in [2.24, 2.45) is 0 Å². The number of aromatic nitrogens is 3. The molecule has 8 heteroatoms. The van der Waals surface area contributed by atoms with Crippen LogP contribution in [-0.4, -0.2) is 68.4 Å². The van der Waals surface area contributed by atoms with E-state index >= 15 is 0 Å². The molecule has 0 saturated carbocycles. The van der Waals surface area contributed by atoms with Gasteiger partial charge in [0.15, 0.2) is 5.65 Å². The van der Waals surface area contributed by atoms with Crippen LogP contribution in [0, 0.1) is 0 Å². The largest absolute Gasteiger partial charge is 0.367 e. The van der Waals surface area contributed by atoms with Crippen molar-refractivity contribution in [3.05, 3.63) is 89.4 Å². The Hall–Kier alpha value is -4.20. The van der Waals surface area contributed by atoms with Gasteiger partial charge >= 0.3 is 0 Å². The number of piperazine rings is 1. The first-order chi connectivity index (χ1) is 20.1. The van der Waals surface area contributed by atoms with Gasteiger partial charge < -0.3 is 19.3 Å². The molecule has 0 bridgehead atoms. The number of imidazole rings is 1. The number of nitrogens with zero attached hydrogens (tertiary/aromatic N) is 6. The van der Waals surface area contributed by atoms with E-state index in [0.717, 1.165) is 56.5 Å². The van der Waals surface area contributed by atoms with Gasteiger partial charge in [0.2, 0.25) is 11.8 Å². The number of carbonyl (C=O) groups is 2. The fraction of sp³-hybridized carbons (Fsp3) is 0.394. The second kappa shape index (κ2) is 10.7. The molecule has 1 aliphatic carbocycles. The van der Waals surface area contributed by atoms with Gasteiger partial charge in [-0.1, -0.05) is 36.4 Å². The Labute approximate surface area is 240 Å². The summed E-state index contributed by atoms with van der Waals surface area (Å²) in [6, 6.07) is 18.8. The highest BCUT2D eigenvalue weighted by Gasteiger charge is 2.34. The summed E-state index contributed by atoms with van der Waals surface area (Å²) in [6.07, 6.45) is 7.37. The standard InChI is InChI=1S/C33H36N6O2/c1-23-19-36(17-18-39(23)31(40)21-38-22-35-29-12-6-15-34-32(29)38)30-13-5-9-25-14-16-37(20-28(25)30)33(41)27-11-4-8-24-7-2-3-10-26(24)27/h2-3,5-7,9-10,12-13,15,22-23,27H,4,8,11,14,16-21H2,1H3/t23-,27-/m1/s1. The highest BCUT2D eigenvalue weighted by molar-refractivity contribution is 5.85. The summed E-state index contributed by atoms with van der Waals surface area (Å²) in [5.74, 6) is 0.315. The van der Waals surface area contributed by atoms with E-state index in [0.29, 0.717) is 13.1 Å². The summed E-state index contributed by atoms with van der Waals surface area (Å²) in [7, 11) is 0. The molecule has 7 rings (SSSR count). The fourth-order valence-electron chi connectivity index (χ4n) is 7.07. The van der Waals surface area contributed by atoms with Crippen LogP contribution in [0.2, 0.25) is 0 Å². The van der Waals surface area contributed by atoms with Crippen molar-refractivity contribution in [3.63, 3.8) is 0 Å². The van der Waals surface area contributed by atoms with E-state index in [1.807, 2.05) is 21.6 Å². The summed E-state index contributed by atoms with van der Waals surface area (Å²) in [5.41, 5.74) is 7.88. The third kappa shape index (κ3) is 4.75. The number of benzene rings is 2. The number of hydrogen-bond donors (Lipinski definition) is 0. The lowest BCUT2D eigenvalue weighted by Crippen LogP contribution is -2.55. The predicted octanol–water partition coefficient (Wildman–Crippen LogP) is 4.17. The maximum Gasteiger partial charge on any atom is 0.242 e. The van der Waals surface area contributed by atoms with Crippen molar-refractivity contribution >= 4 is 28.7 Å². The quantitative estimate of drug-likeness (QED) is 0.383. The minimum Gasteiger partial charge on any atom is -0.367 e. The maximum absolute atomic E-state index is 13.9. The van der Waals surface area contributed by atoms with Gasteiger partial charge in [0.05, 0.1) is 12.2 Å². The molecule has 4 heterocycles. The van der Waals surface area contributed by atoms with Gasteiger partial charge in [-0.25, -0.2) is 9.97 Å². The van der Waals surface area contributed by atoms with E-state index in [1.165, 1.54) is 27.9 Å². The van der Waals surface area contributed by atoms with Crippen molar-refractivity contribution < 1.29 is 9.59 Å². The highest BCUT2D eigenvalue weighted by Crippen LogP contribution is 2.36. The second-order valence-electron chi connectivity index (χ2n) is 11.7. The average molecular weight is 549 g/mol. The minimum atomic E-state index is -0.0361. The highest BCUT2D eigenvalue weighted by atomic mass is 16.2. The van der Waals surface area contributed by atoms with Gasteiger partial charge in [0.25, 0.3) is 0 Å². The van der Waals surface area contributed by atoms with E-state index in [9.17, 15) is 9.59 Å². The Morgan fingerprint density at radius 1 is 0.927 bits per heavy atom. The van der Waals surface area contributed by atoms with Crippen molar-refractivity contribution in [1.29, 1.82) is 0 Å². The predicted molar refractivity (Wildman–Crippen MR) is 159 cm³/mol. The molecule has 2 aromatic carbocycles. The van der Waals surface area contributed by atoms with E-state index in [-0.39, 0.29) is 30.3 Å². The van der Waals surface area contributed by atoms with Crippen LogP contribution in [0.1, 0.15) is 47.9 Å². The summed E-state index contributed by atoms with van der Waals surface area (Å²) in [6.45, 7) is 5.96. The van der Waals surface area contributed by atoms with Gasteiger partial charge in [-0.05, 0) is 73.1 Å². The number of carbonyl (C=O) groups excluding carboxylic acids is 2. The Balaban J connectivity index is 1.06. The SMILES string of the molecule is C[C@@H]1CN(c2cccc3c2CN(C(=O)[C@@H]2CCCc4ccccc42)CC3)CCN1C(=O)Cn1cnc2cccnc21. The van der Waals surface area contributed by atoms with Gasteiger partial charge in [-0.2, -0.15) is 0 Å². The van der Waals surface area contributed by atoms with Crippen molar-refractivity contribution in [2.45, 2.75) is 57.7 Å². The normalized spacial score (nSPS) is 20.6. The molecule has 2 aromatic heterocycles. The first-order valence-corrected chi connectivity index (χ1v) is 14.8. The molecular weight excluding hydrogens is 512 g/mol. The first-order valence-electron chi connectivity index (χ1n) is 14.8.